The third kappa shape index (κ3) is 5.87. The normalized spacial score (nSPS) is 13.8. The molecule has 0 radical (unpaired) electrons. The quantitative estimate of drug-likeness (QED) is 0.517. The number of nitrogens with one attached hydrogen (secondary N) is 1. The van der Waals surface area contributed by atoms with Gasteiger partial charge >= 0.3 is 0 Å². The number of amides is 4. The third-order valence-corrected chi connectivity index (χ3v) is 6.04. The molecule has 1 N–H and O–H groups in total. The number of fused-ring (bicyclic) bond motifs is 1. The smallest absolute Gasteiger partial charge is 0.261 e. The van der Waals surface area contributed by atoms with Crippen LogP contribution in [0.5, 0.6) is 0 Å². The number of rotatable bonds is 9. The molecule has 0 spiro atoms. The monoisotopic (exact) mass is 513 g/mol. The van der Waals surface area contributed by atoms with Crippen LogP contribution in [0.15, 0.2) is 53.0 Å². The lowest BCUT2D eigenvalue weighted by atomic mass is 10.1. The average Bonchev–Trinajstić information content (AvgIpc) is 3.02. The number of imide groups is 1. The van der Waals surface area contributed by atoms with Crippen LogP contribution in [0.2, 0.25) is 0 Å². The molecule has 33 heavy (non-hydrogen) atoms. The maximum atomic E-state index is 13.1. The van der Waals surface area contributed by atoms with Crippen molar-refractivity contribution in [1.82, 2.24) is 15.1 Å². The fraction of sp³-hybridized carbons (Fsp3) is 0.360. The second kappa shape index (κ2) is 10.7. The van der Waals surface area contributed by atoms with E-state index in [9.17, 15) is 19.2 Å². The van der Waals surface area contributed by atoms with Crippen molar-refractivity contribution < 1.29 is 19.2 Å². The van der Waals surface area contributed by atoms with Crippen LogP contribution in [0.25, 0.3) is 0 Å². The molecule has 0 fully saturated rings. The predicted octanol–water partition coefficient (Wildman–Crippen LogP) is 3.77. The molecule has 4 amide bonds. The molecule has 0 saturated heterocycles. The molecule has 1 atom stereocenters. The highest BCUT2D eigenvalue weighted by atomic mass is 79.9. The maximum absolute atomic E-state index is 13.1. The summed E-state index contributed by atoms with van der Waals surface area (Å²) >= 11 is 3.40. The van der Waals surface area contributed by atoms with Crippen LogP contribution in [0.1, 0.15) is 59.9 Å². The number of hydrogen-bond donors (Lipinski definition) is 1. The Bertz CT molecular complexity index is 1020. The molecule has 0 aromatic heterocycles. The van der Waals surface area contributed by atoms with Crippen LogP contribution in [0.3, 0.4) is 0 Å². The first-order valence-corrected chi connectivity index (χ1v) is 11.8. The minimum Gasteiger partial charge on any atom is -0.352 e. The van der Waals surface area contributed by atoms with Crippen LogP contribution in [-0.4, -0.2) is 52.1 Å². The van der Waals surface area contributed by atoms with Crippen molar-refractivity contribution in [1.29, 1.82) is 0 Å². The van der Waals surface area contributed by atoms with Gasteiger partial charge in [-0.15, -0.1) is 0 Å². The molecule has 1 aliphatic heterocycles. The van der Waals surface area contributed by atoms with E-state index in [1.807, 2.05) is 38.1 Å². The highest BCUT2D eigenvalue weighted by molar-refractivity contribution is 9.10. The third-order valence-electron chi connectivity index (χ3n) is 5.51. The van der Waals surface area contributed by atoms with E-state index in [0.29, 0.717) is 17.5 Å². The van der Waals surface area contributed by atoms with E-state index in [1.54, 1.807) is 36.1 Å². The first kappa shape index (κ1) is 24.6. The van der Waals surface area contributed by atoms with E-state index < -0.39 is 6.04 Å². The van der Waals surface area contributed by atoms with Gasteiger partial charge < -0.3 is 10.2 Å². The lowest BCUT2D eigenvalue weighted by Gasteiger charge is -2.29. The number of nitrogens with zero attached hydrogens (tertiary/aromatic N) is 2. The zero-order chi connectivity index (χ0) is 24.1. The van der Waals surface area contributed by atoms with Gasteiger partial charge in [0.2, 0.25) is 11.8 Å². The van der Waals surface area contributed by atoms with Gasteiger partial charge in [-0.1, -0.05) is 40.2 Å². The minimum atomic E-state index is -0.664. The molecule has 0 aliphatic carbocycles. The summed E-state index contributed by atoms with van der Waals surface area (Å²) in [6.07, 6.45) is 0.433. The van der Waals surface area contributed by atoms with Gasteiger partial charge in [0.05, 0.1) is 11.1 Å². The van der Waals surface area contributed by atoms with E-state index in [-0.39, 0.29) is 49.2 Å². The Morgan fingerprint density at radius 2 is 1.55 bits per heavy atom. The van der Waals surface area contributed by atoms with Crippen LogP contribution in [-0.2, 0) is 16.1 Å². The number of carbonyl (C=O) groups excluding carboxylic acids is 4. The number of benzene rings is 2. The Morgan fingerprint density at radius 1 is 0.970 bits per heavy atom. The molecule has 1 unspecified atom stereocenters. The Morgan fingerprint density at radius 3 is 2.09 bits per heavy atom. The summed E-state index contributed by atoms with van der Waals surface area (Å²) in [5, 5.41) is 2.86. The van der Waals surface area contributed by atoms with Gasteiger partial charge in [0, 0.05) is 30.0 Å². The highest BCUT2D eigenvalue weighted by Crippen LogP contribution is 2.23. The van der Waals surface area contributed by atoms with Crippen molar-refractivity contribution in [3.63, 3.8) is 0 Å². The molecule has 3 rings (SSSR count). The highest BCUT2D eigenvalue weighted by Gasteiger charge is 2.35. The largest absolute Gasteiger partial charge is 0.352 e. The molecular weight excluding hydrogens is 486 g/mol. The molecule has 0 saturated carbocycles. The van der Waals surface area contributed by atoms with Crippen molar-refractivity contribution in [3.8, 4) is 0 Å². The lowest BCUT2D eigenvalue weighted by Crippen LogP contribution is -2.49. The van der Waals surface area contributed by atoms with E-state index in [0.717, 1.165) is 10.0 Å². The van der Waals surface area contributed by atoms with Crippen LogP contribution < -0.4 is 5.32 Å². The Labute approximate surface area is 202 Å². The SMILES string of the molecule is CC(C)NC(=O)C(C)N(Cc1ccc(Br)cc1)C(=O)CCCN1C(=O)c2ccccc2C1=O. The van der Waals surface area contributed by atoms with Gasteiger partial charge in [0.15, 0.2) is 0 Å². The fourth-order valence-electron chi connectivity index (χ4n) is 3.75. The number of halogens is 1. The predicted molar refractivity (Wildman–Crippen MR) is 128 cm³/mol. The van der Waals surface area contributed by atoms with Crippen LogP contribution in [0, 0.1) is 0 Å². The van der Waals surface area contributed by atoms with Crippen LogP contribution >= 0.6 is 15.9 Å². The zero-order valence-corrected chi connectivity index (χ0v) is 20.6. The van der Waals surface area contributed by atoms with Gasteiger partial charge in [-0.25, -0.2) is 0 Å². The van der Waals surface area contributed by atoms with Gasteiger partial charge in [-0.3, -0.25) is 24.1 Å². The second-order valence-electron chi connectivity index (χ2n) is 8.40. The van der Waals surface area contributed by atoms with Crippen LogP contribution in [0.4, 0.5) is 0 Å². The Kier molecular flexibility index (Phi) is 8.02. The number of carbonyl (C=O) groups is 4. The number of hydrogen-bond acceptors (Lipinski definition) is 4. The maximum Gasteiger partial charge on any atom is 0.261 e. The van der Waals surface area contributed by atoms with E-state index >= 15 is 0 Å². The average molecular weight is 514 g/mol. The summed E-state index contributed by atoms with van der Waals surface area (Å²) < 4.78 is 0.927. The summed E-state index contributed by atoms with van der Waals surface area (Å²) in [7, 11) is 0. The van der Waals surface area contributed by atoms with Gasteiger partial charge in [-0.2, -0.15) is 0 Å². The van der Waals surface area contributed by atoms with Gasteiger partial charge in [0.1, 0.15) is 6.04 Å². The standard InChI is InChI=1S/C25H28BrN3O4/c1-16(2)27-23(31)17(3)29(15-18-10-12-19(26)13-11-18)22(30)9-6-14-28-24(32)20-7-4-5-8-21(20)25(28)33/h4-5,7-8,10-13,16-17H,6,9,14-15H2,1-3H3,(H,27,31). The molecule has 1 aliphatic rings. The van der Waals surface area contributed by atoms with E-state index in [2.05, 4.69) is 21.2 Å². The summed E-state index contributed by atoms with van der Waals surface area (Å²) in [5.41, 5.74) is 1.69. The minimum absolute atomic E-state index is 0.0431. The van der Waals surface area contributed by atoms with Crippen molar-refractivity contribution in [3.05, 3.63) is 69.7 Å². The first-order valence-electron chi connectivity index (χ1n) is 11.0. The van der Waals surface area contributed by atoms with Crippen molar-refractivity contribution in [2.45, 2.75) is 52.2 Å². The van der Waals surface area contributed by atoms with Crippen molar-refractivity contribution >= 4 is 39.6 Å². The lowest BCUT2D eigenvalue weighted by molar-refractivity contribution is -0.140. The Hall–Kier alpha value is -3.00. The molecule has 2 aromatic carbocycles. The molecule has 7 nitrogen and oxygen atoms in total. The molecular formula is C25H28BrN3O4. The summed E-state index contributed by atoms with van der Waals surface area (Å²) in [6, 6.07) is 13.6. The van der Waals surface area contributed by atoms with Crippen molar-refractivity contribution in [2.75, 3.05) is 6.54 Å². The van der Waals surface area contributed by atoms with E-state index in [4.69, 9.17) is 0 Å². The first-order chi connectivity index (χ1) is 15.7. The fourth-order valence-corrected chi connectivity index (χ4v) is 4.01. The topological polar surface area (TPSA) is 86.8 Å². The van der Waals surface area contributed by atoms with Crippen molar-refractivity contribution in [2.24, 2.45) is 0 Å². The van der Waals surface area contributed by atoms with Gasteiger partial charge in [-0.05, 0) is 57.0 Å². The summed E-state index contributed by atoms with van der Waals surface area (Å²) in [6.45, 7) is 5.88. The molecule has 1 heterocycles. The Balaban J connectivity index is 1.66. The summed E-state index contributed by atoms with van der Waals surface area (Å²) in [4.78, 5) is 53.6. The molecule has 0 bridgehead atoms. The molecule has 174 valence electrons. The van der Waals surface area contributed by atoms with E-state index in [1.165, 1.54) is 4.90 Å². The summed E-state index contributed by atoms with van der Waals surface area (Å²) in [5.74, 6) is -1.10. The molecule has 8 heteroatoms. The zero-order valence-electron chi connectivity index (χ0n) is 19.0. The van der Waals surface area contributed by atoms with Gasteiger partial charge in [0.25, 0.3) is 11.8 Å². The second-order valence-corrected chi connectivity index (χ2v) is 9.31. The molecule has 2 aromatic rings.